The van der Waals surface area contributed by atoms with Gasteiger partial charge in [-0.3, -0.25) is 4.79 Å². The third-order valence-corrected chi connectivity index (χ3v) is 2.98. The standard InChI is InChI=1S/C13H11FN2O/c14-11-3-1-2-10(8-17)13(11)16-7-6-12(15-16)9-4-5-9/h1-3,6-9H,4-5H2. The molecule has 0 atom stereocenters. The van der Waals surface area contributed by atoms with Crippen LogP contribution < -0.4 is 0 Å². The first kappa shape index (κ1) is 10.2. The van der Waals surface area contributed by atoms with Gasteiger partial charge in [0.05, 0.1) is 5.69 Å². The Kier molecular flexibility index (Phi) is 2.28. The molecule has 17 heavy (non-hydrogen) atoms. The SMILES string of the molecule is O=Cc1cccc(F)c1-n1ccc(C2CC2)n1. The minimum Gasteiger partial charge on any atom is -0.298 e. The molecule has 0 saturated heterocycles. The summed E-state index contributed by atoms with van der Waals surface area (Å²) in [6.45, 7) is 0. The molecule has 0 aliphatic heterocycles. The van der Waals surface area contributed by atoms with Crippen LogP contribution in [0.4, 0.5) is 4.39 Å². The summed E-state index contributed by atoms with van der Waals surface area (Å²) in [5.41, 5.74) is 1.52. The molecule has 0 radical (unpaired) electrons. The van der Waals surface area contributed by atoms with Crippen LogP contribution >= 0.6 is 0 Å². The van der Waals surface area contributed by atoms with Crippen molar-refractivity contribution in [1.29, 1.82) is 0 Å². The summed E-state index contributed by atoms with van der Waals surface area (Å²) in [5, 5.41) is 4.33. The monoisotopic (exact) mass is 230 g/mol. The van der Waals surface area contributed by atoms with Gasteiger partial charge in [0.2, 0.25) is 0 Å². The molecular formula is C13H11FN2O. The summed E-state index contributed by atoms with van der Waals surface area (Å²) in [6.07, 6.45) is 4.65. The Morgan fingerprint density at radius 1 is 1.35 bits per heavy atom. The zero-order chi connectivity index (χ0) is 11.8. The van der Waals surface area contributed by atoms with E-state index in [0.717, 1.165) is 18.5 Å². The molecule has 1 aliphatic carbocycles. The predicted molar refractivity (Wildman–Crippen MR) is 60.9 cm³/mol. The molecule has 1 heterocycles. The molecular weight excluding hydrogens is 219 g/mol. The molecule has 0 bridgehead atoms. The number of nitrogens with zero attached hydrogens (tertiary/aromatic N) is 2. The van der Waals surface area contributed by atoms with Crippen LogP contribution in [0.2, 0.25) is 0 Å². The van der Waals surface area contributed by atoms with Crippen LogP contribution in [0.15, 0.2) is 30.5 Å². The summed E-state index contributed by atoms with van der Waals surface area (Å²) in [5.74, 6) is 0.0859. The van der Waals surface area contributed by atoms with Crippen LogP contribution in [0.25, 0.3) is 5.69 Å². The van der Waals surface area contributed by atoms with Gasteiger partial charge in [-0.15, -0.1) is 0 Å². The van der Waals surface area contributed by atoms with Crippen LogP contribution in [-0.2, 0) is 0 Å². The molecule has 1 aromatic carbocycles. The maximum atomic E-state index is 13.7. The van der Waals surface area contributed by atoms with E-state index in [9.17, 15) is 9.18 Å². The average Bonchev–Trinajstić information content (AvgIpc) is 3.08. The average molecular weight is 230 g/mol. The number of hydrogen-bond donors (Lipinski definition) is 0. The predicted octanol–water partition coefficient (Wildman–Crippen LogP) is 2.70. The maximum absolute atomic E-state index is 13.7. The lowest BCUT2D eigenvalue weighted by molar-refractivity contribution is 0.112. The van der Waals surface area contributed by atoms with Gasteiger partial charge in [-0.1, -0.05) is 6.07 Å². The number of aromatic nitrogens is 2. The summed E-state index contributed by atoms with van der Waals surface area (Å²) in [7, 11) is 0. The molecule has 0 amide bonds. The number of aldehydes is 1. The van der Waals surface area contributed by atoms with Gasteiger partial charge in [-0.2, -0.15) is 5.10 Å². The van der Waals surface area contributed by atoms with Gasteiger partial charge in [-0.25, -0.2) is 9.07 Å². The van der Waals surface area contributed by atoms with E-state index >= 15 is 0 Å². The normalized spacial score (nSPS) is 14.9. The van der Waals surface area contributed by atoms with Gasteiger partial charge in [0, 0.05) is 17.7 Å². The first-order chi connectivity index (χ1) is 8.29. The maximum Gasteiger partial charge on any atom is 0.152 e. The lowest BCUT2D eigenvalue weighted by atomic mass is 10.2. The molecule has 1 saturated carbocycles. The Morgan fingerprint density at radius 2 is 2.18 bits per heavy atom. The summed E-state index contributed by atoms with van der Waals surface area (Å²) in [4.78, 5) is 10.9. The van der Waals surface area contributed by atoms with Crippen molar-refractivity contribution < 1.29 is 9.18 Å². The highest BCUT2D eigenvalue weighted by Gasteiger charge is 2.26. The van der Waals surface area contributed by atoms with E-state index < -0.39 is 5.82 Å². The summed E-state index contributed by atoms with van der Waals surface area (Å²) in [6, 6.07) is 6.33. The number of hydrogen-bond acceptors (Lipinski definition) is 2. The topological polar surface area (TPSA) is 34.9 Å². The van der Waals surface area contributed by atoms with Crippen LogP contribution in [0.1, 0.15) is 34.8 Å². The zero-order valence-corrected chi connectivity index (χ0v) is 9.14. The van der Waals surface area contributed by atoms with E-state index in [1.807, 2.05) is 6.07 Å². The van der Waals surface area contributed by atoms with Crippen LogP contribution in [0, 0.1) is 5.82 Å². The van der Waals surface area contributed by atoms with Crippen LogP contribution in [0.3, 0.4) is 0 Å². The second-order valence-electron chi connectivity index (χ2n) is 4.25. The van der Waals surface area contributed by atoms with E-state index in [-0.39, 0.29) is 5.69 Å². The molecule has 0 N–H and O–H groups in total. The van der Waals surface area contributed by atoms with Crippen molar-refractivity contribution in [3.63, 3.8) is 0 Å². The molecule has 1 aromatic heterocycles. The molecule has 0 spiro atoms. The minimum absolute atomic E-state index is 0.231. The lowest BCUT2D eigenvalue weighted by Gasteiger charge is -2.05. The Balaban J connectivity index is 2.09. The number of benzene rings is 1. The Bertz CT molecular complexity index is 573. The van der Waals surface area contributed by atoms with Crippen molar-refractivity contribution in [3.8, 4) is 5.69 Å². The fourth-order valence-corrected chi connectivity index (χ4v) is 1.93. The van der Waals surface area contributed by atoms with Gasteiger partial charge in [0.15, 0.2) is 6.29 Å². The minimum atomic E-state index is -0.431. The van der Waals surface area contributed by atoms with Crippen LogP contribution in [-0.4, -0.2) is 16.1 Å². The van der Waals surface area contributed by atoms with Crippen molar-refractivity contribution in [1.82, 2.24) is 9.78 Å². The number of para-hydroxylation sites is 1. The summed E-state index contributed by atoms with van der Waals surface area (Å²) >= 11 is 0. The Morgan fingerprint density at radius 3 is 2.88 bits per heavy atom. The summed E-state index contributed by atoms with van der Waals surface area (Å²) < 4.78 is 15.2. The van der Waals surface area contributed by atoms with Crippen molar-refractivity contribution in [2.24, 2.45) is 0 Å². The highest BCUT2D eigenvalue weighted by molar-refractivity contribution is 5.80. The molecule has 3 rings (SSSR count). The van der Waals surface area contributed by atoms with Gasteiger partial charge in [0.25, 0.3) is 0 Å². The van der Waals surface area contributed by atoms with Gasteiger partial charge in [0.1, 0.15) is 11.5 Å². The fraction of sp³-hybridized carbons (Fsp3) is 0.231. The smallest absolute Gasteiger partial charge is 0.152 e. The highest BCUT2D eigenvalue weighted by Crippen LogP contribution is 2.39. The van der Waals surface area contributed by atoms with Gasteiger partial charge in [-0.05, 0) is 31.0 Å². The van der Waals surface area contributed by atoms with Crippen molar-refractivity contribution >= 4 is 6.29 Å². The van der Waals surface area contributed by atoms with Gasteiger partial charge >= 0.3 is 0 Å². The van der Waals surface area contributed by atoms with E-state index in [2.05, 4.69) is 5.10 Å². The molecule has 86 valence electrons. The second kappa shape index (κ2) is 3.80. The number of rotatable bonds is 3. The van der Waals surface area contributed by atoms with Crippen LogP contribution in [0.5, 0.6) is 0 Å². The largest absolute Gasteiger partial charge is 0.298 e. The third kappa shape index (κ3) is 1.75. The van der Waals surface area contributed by atoms with E-state index in [0.29, 0.717) is 17.8 Å². The van der Waals surface area contributed by atoms with E-state index in [4.69, 9.17) is 0 Å². The van der Waals surface area contributed by atoms with Crippen molar-refractivity contribution in [2.45, 2.75) is 18.8 Å². The Labute approximate surface area is 97.9 Å². The molecule has 0 unspecified atom stereocenters. The first-order valence-corrected chi connectivity index (χ1v) is 5.59. The number of carbonyl (C=O) groups is 1. The second-order valence-corrected chi connectivity index (χ2v) is 4.25. The molecule has 1 fully saturated rings. The Hall–Kier alpha value is -1.97. The molecule has 1 aliphatic rings. The lowest BCUT2D eigenvalue weighted by Crippen LogP contribution is -2.03. The van der Waals surface area contributed by atoms with Crippen molar-refractivity contribution in [3.05, 3.63) is 47.5 Å². The molecule has 4 heteroatoms. The quantitative estimate of drug-likeness (QED) is 0.760. The van der Waals surface area contributed by atoms with E-state index in [1.54, 1.807) is 12.3 Å². The molecule has 2 aromatic rings. The molecule has 3 nitrogen and oxygen atoms in total. The zero-order valence-electron chi connectivity index (χ0n) is 9.14. The first-order valence-electron chi connectivity index (χ1n) is 5.59. The number of carbonyl (C=O) groups excluding carboxylic acids is 1. The third-order valence-electron chi connectivity index (χ3n) is 2.98. The fourth-order valence-electron chi connectivity index (χ4n) is 1.93. The van der Waals surface area contributed by atoms with Gasteiger partial charge < -0.3 is 0 Å². The van der Waals surface area contributed by atoms with Crippen molar-refractivity contribution in [2.75, 3.05) is 0 Å². The van der Waals surface area contributed by atoms with E-state index in [1.165, 1.54) is 16.8 Å². The number of halogens is 1. The highest BCUT2D eigenvalue weighted by atomic mass is 19.1.